The van der Waals surface area contributed by atoms with E-state index in [4.69, 9.17) is 16.3 Å². The maximum atomic E-state index is 12.7. The fourth-order valence-corrected chi connectivity index (χ4v) is 4.26. The predicted octanol–water partition coefficient (Wildman–Crippen LogP) is 4.88. The molecule has 1 heterocycles. The molecule has 0 saturated carbocycles. The average Bonchev–Trinajstić information content (AvgIpc) is 3.19. The Hall–Kier alpha value is -3.49. The molecule has 0 aliphatic carbocycles. The van der Waals surface area contributed by atoms with Crippen molar-refractivity contribution in [2.24, 2.45) is 0 Å². The van der Waals surface area contributed by atoms with Crippen LogP contribution >= 0.6 is 11.6 Å². The second kappa shape index (κ2) is 8.33. The molecule has 31 heavy (non-hydrogen) atoms. The summed E-state index contributed by atoms with van der Waals surface area (Å²) in [6.45, 7) is 0. The molecule has 1 aromatic heterocycles. The second-order valence-corrected chi connectivity index (χ2v) is 8.85. The van der Waals surface area contributed by atoms with E-state index in [1.165, 1.54) is 12.1 Å². The Balaban J connectivity index is 1.54. The summed E-state index contributed by atoms with van der Waals surface area (Å²) < 4.78 is 33.1. The van der Waals surface area contributed by atoms with Gasteiger partial charge in [0.1, 0.15) is 11.4 Å². The van der Waals surface area contributed by atoms with Crippen molar-refractivity contribution >= 4 is 49.8 Å². The van der Waals surface area contributed by atoms with E-state index in [0.717, 1.165) is 10.9 Å². The number of aromatic amines is 1. The van der Waals surface area contributed by atoms with Gasteiger partial charge in [0.2, 0.25) is 0 Å². The molecule has 158 valence electrons. The highest BCUT2D eigenvalue weighted by atomic mass is 35.5. The normalized spacial score (nSPS) is 11.3. The average molecular weight is 456 g/mol. The van der Waals surface area contributed by atoms with Gasteiger partial charge in [-0.25, -0.2) is 8.42 Å². The molecule has 0 atom stereocenters. The molecule has 3 N–H and O–H groups in total. The van der Waals surface area contributed by atoms with Crippen LogP contribution in [0.3, 0.4) is 0 Å². The van der Waals surface area contributed by atoms with Gasteiger partial charge in [0.15, 0.2) is 0 Å². The first-order chi connectivity index (χ1) is 14.8. The van der Waals surface area contributed by atoms with Crippen LogP contribution in [0.2, 0.25) is 5.02 Å². The van der Waals surface area contributed by atoms with E-state index >= 15 is 0 Å². The van der Waals surface area contributed by atoms with Crippen LogP contribution in [0.25, 0.3) is 10.9 Å². The van der Waals surface area contributed by atoms with Crippen molar-refractivity contribution in [2.45, 2.75) is 4.90 Å². The van der Waals surface area contributed by atoms with Gasteiger partial charge >= 0.3 is 0 Å². The van der Waals surface area contributed by atoms with Gasteiger partial charge in [0, 0.05) is 33.4 Å². The molecule has 0 aliphatic rings. The minimum Gasteiger partial charge on any atom is -0.497 e. The molecule has 4 rings (SSSR count). The van der Waals surface area contributed by atoms with Gasteiger partial charge in [-0.3, -0.25) is 9.52 Å². The molecule has 0 aliphatic heterocycles. The van der Waals surface area contributed by atoms with Crippen LogP contribution in [-0.2, 0) is 10.0 Å². The van der Waals surface area contributed by atoms with Gasteiger partial charge < -0.3 is 15.0 Å². The molecule has 9 heteroatoms. The fourth-order valence-electron chi connectivity index (χ4n) is 3.03. The van der Waals surface area contributed by atoms with Crippen LogP contribution in [0.15, 0.2) is 77.7 Å². The molecule has 0 spiro atoms. The Bertz CT molecular complexity index is 1370. The molecule has 0 fully saturated rings. The molecular weight excluding hydrogens is 438 g/mol. The summed E-state index contributed by atoms with van der Waals surface area (Å²) >= 11 is 5.83. The molecule has 0 unspecified atom stereocenters. The number of aromatic nitrogens is 1. The van der Waals surface area contributed by atoms with Crippen molar-refractivity contribution in [3.05, 3.63) is 83.5 Å². The van der Waals surface area contributed by atoms with Gasteiger partial charge in [-0.2, -0.15) is 0 Å². The smallest absolute Gasteiger partial charge is 0.272 e. The highest BCUT2D eigenvalue weighted by Gasteiger charge is 2.16. The van der Waals surface area contributed by atoms with E-state index in [2.05, 4.69) is 15.0 Å². The number of sulfonamides is 1. The third-order valence-electron chi connectivity index (χ3n) is 4.57. The first kappa shape index (κ1) is 20.8. The van der Waals surface area contributed by atoms with Crippen molar-refractivity contribution < 1.29 is 17.9 Å². The topological polar surface area (TPSA) is 100 Å². The van der Waals surface area contributed by atoms with Crippen LogP contribution in [0.4, 0.5) is 11.4 Å². The van der Waals surface area contributed by atoms with E-state index in [1.54, 1.807) is 61.7 Å². The quantitative estimate of drug-likeness (QED) is 0.385. The van der Waals surface area contributed by atoms with Gasteiger partial charge in [0.25, 0.3) is 15.9 Å². The zero-order valence-electron chi connectivity index (χ0n) is 16.3. The van der Waals surface area contributed by atoms with Crippen molar-refractivity contribution in [2.75, 3.05) is 17.1 Å². The maximum absolute atomic E-state index is 12.7. The Morgan fingerprint density at radius 3 is 2.48 bits per heavy atom. The summed E-state index contributed by atoms with van der Waals surface area (Å²) in [6.07, 6.45) is 0. The lowest BCUT2D eigenvalue weighted by molar-refractivity contribution is 0.102. The number of hydrogen-bond donors (Lipinski definition) is 3. The summed E-state index contributed by atoms with van der Waals surface area (Å²) in [4.78, 5) is 15.7. The SMILES string of the molecule is COc1ccc2cc(C(=O)Nc3cccc(S(=O)(=O)Nc4ccc(Cl)cc4)c3)[nH]c2c1. The number of nitrogens with one attached hydrogen (secondary N) is 3. The van der Waals surface area contributed by atoms with Crippen molar-refractivity contribution in [3.63, 3.8) is 0 Å². The highest BCUT2D eigenvalue weighted by Crippen LogP contribution is 2.23. The van der Waals surface area contributed by atoms with Crippen molar-refractivity contribution in [1.29, 1.82) is 0 Å². The minimum atomic E-state index is -3.84. The summed E-state index contributed by atoms with van der Waals surface area (Å²) in [5.41, 5.74) is 1.83. The molecular formula is C22H18ClN3O4S. The number of hydrogen-bond acceptors (Lipinski definition) is 4. The zero-order chi connectivity index (χ0) is 22.0. The first-order valence-corrected chi connectivity index (χ1v) is 11.1. The maximum Gasteiger partial charge on any atom is 0.272 e. The Morgan fingerprint density at radius 1 is 0.968 bits per heavy atom. The van der Waals surface area contributed by atoms with Crippen LogP contribution in [0.1, 0.15) is 10.5 Å². The van der Waals surface area contributed by atoms with Crippen molar-refractivity contribution in [3.8, 4) is 5.75 Å². The number of halogens is 1. The Morgan fingerprint density at radius 2 is 1.74 bits per heavy atom. The summed E-state index contributed by atoms with van der Waals surface area (Å²) in [6, 6.07) is 19.5. The van der Waals surface area contributed by atoms with E-state index in [9.17, 15) is 13.2 Å². The van der Waals surface area contributed by atoms with Crippen LogP contribution in [0, 0.1) is 0 Å². The first-order valence-electron chi connectivity index (χ1n) is 9.21. The van der Waals surface area contributed by atoms with Crippen molar-refractivity contribution in [1.82, 2.24) is 4.98 Å². The summed E-state index contributed by atoms with van der Waals surface area (Å²) in [7, 11) is -2.27. The number of ether oxygens (including phenoxy) is 1. The monoisotopic (exact) mass is 455 g/mol. The Kier molecular flexibility index (Phi) is 5.58. The molecule has 7 nitrogen and oxygen atoms in total. The van der Waals surface area contributed by atoms with Crippen LogP contribution in [0.5, 0.6) is 5.75 Å². The third-order valence-corrected chi connectivity index (χ3v) is 6.20. The van der Waals surface area contributed by atoms with Crippen LogP contribution in [-0.4, -0.2) is 26.4 Å². The van der Waals surface area contributed by atoms with Crippen LogP contribution < -0.4 is 14.8 Å². The Labute approximate surface area is 184 Å². The fraction of sp³-hybridized carbons (Fsp3) is 0.0455. The van der Waals surface area contributed by atoms with E-state index in [-0.39, 0.29) is 4.90 Å². The summed E-state index contributed by atoms with van der Waals surface area (Å²) in [5, 5.41) is 4.08. The minimum absolute atomic E-state index is 0.0154. The number of anilines is 2. The number of amides is 1. The van der Waals surface area contributed by atoms with Gasteiger partial charge in [-0.05, 0) is 60.7 Å². The molecule has 0 saturated heterocycles. The van der Waals surface area contributed by atoms with E-state index in [0.29, 0.717) is 27.8 Å². The lowest BCUT2D eigenvalue weighted by Crippen LogP contribution is -2.15. The number of carbonyl (C=O) groups excluding carboxylic acids is 1. The molecule has 1 amide bonds. The van der Waals surface area contributed by atoms with E-state index in [1.807, 2.05) is 6.07 Å². The number of methoxy groups -OCH3 is 1. The molecule has 0 radical (unpaired) electrons. The molecule has 4 aromatic rings. The van der Waals surface area contributed by atoms with E-state index < -0.39 is 15.9 Å². The standard InChI is InChI=1S/C22H18ClN3O4S/c1-30-18-10-5-14-11-21(25-20(14)13-18)22(27)24-17-3-2-4-19(12-17)31(28,29)26-16-8-6-15(23)7-9-16/h2-13,25-26H,1H3,(H,24,27). The number of H-pyrrole nitrogens is 1. The number of carbonyl (C=O) groups is 1. The largest absolute Gasteiger partial charge is 0.497 e. The second-order valence-electron chi connectivity index (χ2n) is 6.73. The molecule has 0 bridgehead atoms. The zero-order valence-corrected chi connectivity index (χ0v) is 17.9. The van der Waals surface area contributed by atoms with Gasteiger partial charge in [-0.1, -0.05) is 17.7 Å². The van der Waals surface area contributed by atoms with Gasteiger partial charge in [-0.15, -0.1) is 0 Å². The number of fused-ring (bicyclic) bond motifs is 1. The summed E-state index contributed by atoms with van der Waals surface area (Å²) in [5.74, 6) is 0.280. The predicted molar refractivity (Wildman–Crippen MR) is 122 cm³/mol. The third kappa shape index (κ3) is 4.65. The highest BCUT2D eigenvalue weighted by molar-refractivity contribution is 7.92. The number of benzene rings is 3. The lowest BCUT2D eigenvalue weighted by Gasteiger charge is -2.10. The van der Waals surface area contributed by atoms with Gasteiger partial charge in [0.05, 0.1) is 12.0 Å². The lowest BCUT2D eigenvalue weighted by atomic mass is 10.2. The molecule has 3 aromatic carbocycles. The number of rotatable bonds is 6.